The second-order valence-electron chi connectivity index (χ2n) is 4.53. The summed E-state index contributed by atoms with van der Waals surface area (Å²) in [5.41, 5.74) is 7.20. The Hall–Kier alpha value is -1.78. The summed E-state index contributed by atoms with van der Waals surface area (Å²) < 4.78 is 24.3. The first-order valence-corrected chi connectivity index (χ1v) is 6.96. The zero-order valence-corrected chi connectivity index (χ0v) is 12.5. The lowest BCUT2D eigenvalue weighted by atomic mass is 10.1. The van der Waals surface area contributed by atoms with Crippen LogP contribution in [0.5, 0.6) is 11.5 Å². The highest BCUT2D eigenvalue weighted by molar-refractivity contribution is 6.31. The SMILES string of the molecule is COc1cc(CCN)ccc1OCc1cccc(F)c1Cl. The molecule has 112 valence electrons. The fraction of sp³-hybridized carbons (Fsp3) is 0.250. The maximum Gasteiger partial charge on any atom is 0.161 e. The molecule has 0 saturated carbocycles. The van der Waals surface area contributed by atoms with E-state index < -0.39 is 5.82 Å². The average molecular weight is 310 g/mol. The molecule has 2 aromatic rings. The molecular formula is C16H17ClFNO2. The van der Waals surface area contributed by atoms with Crippen molar-refractivity contribution >= 4 is 11.6 Å². The molecule has 0 aromatic heterocycles. The minimum absolute atomic E-state index is 0.0798. The van der Waals surface area contributed by atoms with Crippen molar-refractivity contribution < 1.29 is 13.9 Å². The van der Waals surface area contributed by atoms with Crippen LogP contribution in [-0.2, 0) is 13.0 Å². The van der Waals surface area contributed by atoms with Crippen molar-refractivity contribution in [3.63, 3.8) is 0 Å². The summed E-state index contributed by atoms with van der Waals surface area (Å²) in [6.07, 6.45) is 0.770. The summed E-state index contributed by atoms with van der Waals surface area (Å²) in [6.45, 7) is 0.742. The highest BCUT2D eigenvalue weighted by atomic mass is 35.5. The van der Waals surface area contributed by atoms with E-state index in [0.717, 1.165) is 12.0 Å². The number of benzene rings is 2. The van der Waals surface area contributed by atoms with Crippen LogP contribution < -0.4 is 15.2 Å². The van der Waals surface area contributed by atoms with Gasteiger partial charge in [-0.2, -0.15) is 0 Å². The lowest BCUT2D eigenvalue weighted by Gasteiger charge is -2.13. The highest BCUT2D eigenvalue weighted by Crippen LogP contribution is 2.30. The number of halogens is 2. The maximum atomic E-state index is 13.4. The Morgan fingerprint density at radius 1 is 1.19 bits per heavy atom. The minimum atomic E-state index is -0.456. The molecule has 0 spiro atoms. The van der Waals surface area contributed by atoms with Gasteiger partial charge < -0.3 is 15.2 Å². The first kappa shape index (κ1) is 15.6. The van der Waals surface area contributed by atoms with Gasteiger partial charge in [0.25, 0.3) is 0 Å². The van der Waals surface area contributed by atoms with Gasteiger partial charge in [-0.25, -0.2) is 4.39 Å². The first-order valence-electron chi connectivity index (χ1n) is 6.58. The van der Waals surface area contributed by atoms with Crippen LogP contribution in [0, 0.1) is 5.82 Å². The molecule has 0 bridgehead atoms. The van der Waals surface area contributed by atoms with Crippen molar-refractivity contribution in [2.45, 2.75) is 13.0 Å². The van der Waals surface area contributed by atoms with Gasteiger partial charge in [-0.1, -0.05) is 29.8 Å². The third-order valence-corrected chi connectivity index (χ3v) is 3.50. The number of ether oxygens (including phenoxy) is 2. The smallest absolute Gasteiger partial charge is 0.161 e. The van der Waals surface area contributed by atoms with Gasteiger partial charge in [-0.05, 0) is 36.7 Å². The molecule has 0 fully saturated rings. The van der Waals surface area contributed by atoms with Gasteiger partial charge >= 0.3 is 0 Å². The van der Waals surface area contributed by atoms with Crippen LogP contribution in [0.3, 0.4) is 0 Å². The second-order valence-corrected chi connectivity index (χ2v) is 4.90. The fourth-order valence-electron chi connectivity index (χ4n) is 1.97. The van der Waals surface area contributed by atoms with Crippen LogP contribution in [0.4, 0.5) is 4.39 Å². The van der Waals surface area contributed by atoms with Crippen LogP contribution >= 0.6 is 11.6 Å². The van der Waals surface area contributed by atoms with Crippen LogP contribution in [-0.4, -0.2) is 13.7 Å². The van der Waals surface area contributed by atoms with E-state index in [9.17, 15) is 4.39 Å². The molecule has 2 rings (SSSR count). The third-order valence-electron chi connectivity index (χ3n) is 3.08. The summed E-state index contributed by atoms with van der Waals surface area (Å²) in [7, 11) is 1.57. The van der Waals surface area contributed by atoms with Crippen LogP contribution in [0.25, 0.3) is 0 Å². The zero-order chi connectivity index (χ0) is 15.2. The Balaban J connectivity index is 2.14. The van der Waals surface area contributed by atoms with Gasteiger partial charge in [-0.3, -0.25) is 0 Å². The van der Waals surface area contributed by atoms with E-state index in [4.69, 9.17) is 26.8 Å². The molecule has 0 unspecified atom stereocenters. The largest absolute Gasteiger partial charge is 0.493 e. The molecule has 0 amide bonds. The number of methoxy groups -OCH3 is 1. The minimum Gasteiger partial charge on any atom is -0.493 e. The number of hydrogen-bond acceptors (Lipinski definition) is 3. The van der Waals surface area contributed by atoms with E-state index in [1.165, 1.54) is 6.07 Å². The van der Waals surface area contributed by atoms with E-state index in [-0.39, 0.29) is 11.6 Å². The number of hydrogen-bond donors (Lipinski definition) is 1. The van der Waals surface area contributed by atoms with Gasteiger partial charge in [0.05, 0.1) is 12.1 Å². The quantitative estimate of drug-likeness (QED) is 0.887. The molecule has 2 aromatic carbocycles. The molecule has 3 nitrogen and oxygen atoms in total. The van der Waals surface area contributed by atoms with Gasteiger partial charge in [0.2, 0.25) is 0 Å². The standard InChI is InChI=1S/C16H17ClFNO2/c1-20-15-9-11(7-8-19)5-6-14(15)21-10-12-3-2-4-13(18)16(12)17/h2-6,9H,7-8,10,19H2,1H3. The van der Waals surface area contributed by atoms with Crippen molar-refractivity contribution in [3.8, 4) is 11.5 Å². The molecule has 0 aliphatic rings. The summed E-state index contributed by atoms with van der Waals surface area (Å²) >= 11 is 5.90. The van der Waals surface area contributed by atoms with Crippen LogP contribution in [0.15, 0.2) is 36.4 Å². The van der Waals surface area contributed by atoms with Crippen molar-refractivity contribution in [1.82, 2.24) is 0 Å². The average Bonchev–Trinajstić information content (AvgIpc) is 2.50. The molecular weight excluding hydrogens is 293 g/mol. The second kappa shape index (κ2) is 7.29. The summed E-state index contributed by atoms with van der Waals surface area (Å²) in [4.78, 5) is 0. The first-order chi connectivity index (χ1) is 10.2. The normalized spacial score (nSPS) is 10.5. The summed E-state index contributed by atoms with van der Waals surface area (Å²) in [5.74, 6) is 0.745. The van der Waals surface area contributed by atoms with Crippen LogP contribution in [0.2, 0.25) is 5.02 Å². The molecule has 2 N–H and O–H groups in total. The third kappa shape index (κ3) is 3.86. The lowest BCUT2D eigenvalue weighted by molar-refractivity contribution is 0.284. The Bertz CT molecular complexity index is 619. The Kier molecular flexibility index (Phi) is 5.42. The summed E-state index contributed by atoms with van der Waals surface area (Å²) in [6, 6.07) is 10.3. The molecule has 21 heavy (non-hydrogen) atoms. The molecule has 0 aliphatic carbocycles. The monoisotopic (exact) mass is 309 g/mol. The lowest BCUT2D eigenvalue weighted by Crippen LogP contribution is -2.04. The summed E-state index contributed by atoms with van der Waals surface area (Å²) in [5, 5.41) is 0.0798. The molecule has 0 radical (unpaired) electrons. The van der Waals surface area contributed by atoms with E-state index in [1.807, 2.05) is 18.2 Å². The molecule has 0 aliphatic heterocycles. The predicted octanol–water partition coefficient (Wildman–Crippen LogP) is 3.57. The fourth-order valence-corrected chi connectivity index (χ4v) is 2.15. The molecule has 0 saturated heterocycles. The van der Waals surface area contributed by atoms with Gasteiger partial charge in [-0.15, -0.1) is 0 Å². The molecule has 5 heteroatoms. The van der Waals surface area contributed by atoms with Crippen molar-refractivity contribution in [2.75, 3.05) is 13.7 Å². The van der Waals surface area contributed by atoms with Gasteiger partial charge in [0.1, 0.15) is 12.4 Å². The number of rotatable bonds is 6. The maximum absolute atomic E-state index is 13.4. The van der Waals surface area contributed by atoms with E-state index in [0.29, 0.717) is 23.6 Å². The predicted molar refractivity (Wildman–Crippen MR) is 81.5 cm³/mol. The zero-order valence-electron chi connectivity index (χ0n) is 11.7. The van der Waals surface area contributed by atoms with Crippen molar-refractivity contribution in [2.24, 2.45) is 5.73 Å². The van der Waals surface area contributed by atoms with Crippen molar-refractivity contribution in [1.29, 1.82) is 0 Å². The Morgan fingerprint density at radius 3 is 2.71 bits per heavy atom. The van der Waals surface area contributed by atoms with Crippen molar-refractivity contribution in [3.05, 3.63) is 58.4 Å². The molecule has 0 atom stereocenters. The van der Waals surface area contributed by atoms with E-state index in [1.54, 1.807) is 19.2 Å². The van der Waals surface area contributed by atoms with E-state index in [2.05, 4.69) is 0 Å². The van der Waals surface area contributed by atoms with Gasteiger partial charge in [0, 0.05) is 5.56 Å². The Morgan fingerprint density at radius 2 is 2.00 bits per heavy atom. The van der Waals surface area contributed by atoms with E-state index >= 15 is 0 Å². The van der Waals surface area contributed by atoms with Gasteiger partial charge in [0.15, 0.2) is 11.5 Å². The van der Waals surface area contributed by atoms with Crippen LogP contribution in [0.1, 0.15) is 11.1 Å². The number of nitrogens with two attached hydrogens (primary N) is 1. The molecule has 0 heterocycles. The Labute approximate surface area is 128 Å². The highest BCUT2D eigenvalue weighted by Gasteiger charge is 2.09. The topological polar surface area (TPSA) is 44.5 Å².